The molecular formula is C18H20ClN3O4. The van der Waals surface area contributed by atoms with Crippen LogP contribution < -0.4 is 14.9 Å². The van der Waals surface area contributed by atoms with Crippen molar-refractivity contribution in [2.75, 3.05) is 12.0 Å². The molecule has 0 amide bonds. The number of halogens is 1. The highest BCUT2D eigenvalue weighted by Gasteiger charge is 2.13. The summed E-state index contributed by atoms with van der Waals surface area (Å²) >= 11 is 6.30. The largest absolute Gasteiger partial charge is 0.490 e. The van der Waals surface area contributed by atoms with Crippen LogP contribution in [0.2, 0.25) is 5.02 Å². The highest BCUT2D eigenvalue weighted by Crippen LogP contribution is 2.37. The summed E-state index contributed by atoms with van der Waals surface area (Å²) in [6, 6.07) is 6.46. The first-order chi connectivity index (χ1) is 12.4. The molecule has 1 aromatic heterocycles. The zero-order chi connectivity index (χ0) is 19.1. The summed E-state index contributed by atoms with van der Waals surface area (Å²) in [7, 11) is 0. The van der Waals surface area contributed by atoms with E-state index in [2.05, 4.69) is 15.5 Å². The van der Waals surface area contributed by atoms with Crippen LogP contribution in [0.1, 0.15) is 36.7 Å². The van der Waals surface area contributed by atoms with Gasteiger partial charge in [0.05, 0.1) is 29.5 Å². The average molecular weight is 378 g/mol. The minimum absolute atomic E-state index is 0.0345. The Morgan fingerprint density at radius 2 is 2.19 bits per heavy atom. The van der Waals surface area contributed by atoms with Crippen LogP contribution in [0.4, 0.5) is 5.82 Å². The third-order valence-electron chi connectivity index (χ3n) is 3.09. The van der Waals surface area contributed by atoms with Crippen molar-refractivity contribution in [1.82, 2.24) is 4.98 Å². The summed E-state index contributed by atoms with van der Waals surface area (Å²) in [6.45, 7) is 6.17. The molecule has 138 valence electrons. The lowest BCUT2D eigenvalue weighted by Crippen LogP contribution is -2.08. The van der Waals surface area contributed by atoms with E-state index in [9.17, 15) is 4.79 Å². The predicted molar refractivity (Wildman–Crippen MR) is 101 cm³/mol. The van der Waals surface area contributed by atoms with Gasteiger partial charge in [-0.3, -0.25) is 5.43 Å². The van der Waals surface area contributed by atoms with Gasteiger partial charge in [-0.05, 0) is 50.6 Å². The first-order valence-corrected chi connectivity index (χ1v) is 8.40. The molecule has 0 aliphatic carbocycles. The molecule has 0 saturated carbocycles. The van der Waals surface area contributed by atoms with E-state index in [0.717, 1.165) is 0 Å². The number of hydrogen-bond donors (Lipinski definition) is 2. The number of nitrogens with zero attached hydrogens (tertiary/aromatic N) is 2. The standard InChI is InChI=1S/C18H20ClN3O4/c1-4-25-15-8-12(7-14(19)17(15)26-11(2)3)9-21-22-16-6-5-13(10-20-16)18(23)24/h5-11H,4H2,1-3H3,(H,20,22)(H,23,24)/b21-9+. The molecular weight excluding hydrogens is 358 g/mol. The Kier molecular flexibility index (Phi) is 6.80. The lowest BCUT2D eigenvalue weighted by atomic mass is 10.2. The van der Waals surface area contributed by atoms with Crippen LogP contribution in [0.25, 0.3) is 0 Å². The van der Waals surface area contributed by atoms with Crippen LogP contribution in [-0.2, 0) is 0 Å². The minimum atomic E-state index is -1.03. The van der Waals surface area contributed by atoms with Crippen molar-refractivity contribution < 1.29 is 19.4 Å². The molecule has 0 spiro atoms. The van der Waals surface area contributed by atoms with E-state index in [1.807, 2.05) is 20.8 Å². The molecule has 0 bridgehead atoms. The number of carboxylic acids is 1. The van der Waals surface area contributed by atoms with Gasteiger partial charge in [0.1, 0.15) is 5.82 Å². The fourth-order valence-electron chi connectivity index (χ4n) is 2.03. The number of aromatic carboxylic acids is 1. The molecule has 0 saturated heterocycles. The number of ether oxygens (including phenoxy) is 2. The first kappa shape index (κ1) is 19.5. The molecule has 2 aromatic rings. The monoisotopic (exact) mass is 377 g/mol. The predicted octanol–water partition coefficient (Wildman–Crippen LogP) is 4.07. The second-order valence-corrected chi connectivity index (χ2v) is 5.94. The second-order valence-electron chi connectivity index (χ2n) is 5.54. The van der Waals surface area contributed by atoms with Crippen molar-refractivity contribution in [3.8, 4) is 11.5 Å². The van der Waals surface area contributed by atoms with Gasteiger partial charge in [0, 0.05) is 6.20 Å². The molecule has 2 rings (SSSR count). The molecule has 0 unspecified atom stereocenters. The maximum atomic E-state index is 10.8. The minimum Gasteiger partial charge on any atom is -0.490 e. The second kappa shape index (κ2) is 9.05. The van der Waals surface area contributed by atoms with Gasteiger partial charge in [-0.25, -0.2) is 9.78 Å². The Balaban J connectivity index is 2.15. The van der Waals surface area contributed by atoms with E-state index in [0.29, 0.717) is 34.5 Å². The quantitative estimate of drug-likeness (QED) is 0.532. The van der Waals surface area contributed by atoms with Crippen molar-refractivity contribution >= 4 is 29.6 Å². The van der Waals surface area contributed by atoms with Gasteiger partial charge >= 0.3 is 5.97 Å². The summed E-state index contributed by atoms with van der Waals surface area (Å²) in [6.07, 6.45) is 2.77. The van der Waals surface area contributed by atoms with Crippen molar-refractivity contribution in [3.63, 3.8) is 0 Å². The molecule has 0 aliphatic rings. The lowest BCUT2D eigenvalue weighted by Gasteiger charge is -2.16. The molecule has 0 aliphatic heterocycles. The van der Waals surface area contributed by atoms with Crippen molar-refractivity contribution in [1.29, 1.82) is 0 Å². The smallest absolute Gasteiger partial charge is 0.337 e. The summed E-state index contributed by atoms with van der Waals surface area (Å²) in [4.78, 5) is 14.8. The van der Waals surface area contributed by atoms with E-state index >= 15 is 0 Å². The SMILES string of the molecule is CCOc1cc(/C=N/Nc2ccc(C(=O)O)cn2)cc(Cl)c1OC(C)C. The number of aromatic nitrogens is 1. The molecule has 1 aromatic carbocycles. The van der Waals surface area contributed by atoms with Crippen LogP contribution >= 0.6 is 11.6 Å². The third-order valence-corrected chi connectivity index (χ3v) is 3.37. The first-order valence-electron chi connectivity index (χ1n) is 8.02. The molecule has 2 N–H and O–H groups in total. The number of hydrazone groups is 1. The summed E-state index contributed by atoms with van der Waals surface area (Å²) in [5, 5.41) is 13.4. The number of carboxylic acid groups (broad SMARTS) is 1. The fraction of sp³-hybridized carbons (Fsp3) is 0.278. The zero-order valence-corrected chi connectivity index (χ0v) is 15.4. The van der Waals surface area contributed by atoms with Crippen LogP contribution in [0, 0.1) is 0 Å². The Bertz CT molecular complexity index is 792. The fourth-order valence-corrected chi connectivity index (χ4v) is 2.30. The molecule has 0 radical (unpaired) electrons. The summed E-state index contributed by atoms with van der Waals surface area (Å²) < 4.78 is 11.3. The summed E-state index contributed by atoms with van der Waals surface area (Å²) in [5.74, 6) is 0.426. The molecule has 0 atom stereocenters. The van der Waals surface area contributed by atoms with Gasteiger partial charge in [-0.15, -0.1) is 0 Å². The number of anilines is 1. The van der Waals surface area contributed by atoms with Gasteiger partial charge in [-0.2, -0.15) is 5.10 Å². The normalized spacial score (nSPS) is 11.0. The van der Waals surface area contributed by atoms with Crippen molar-refractivity contribution in [2.24, 2.45) is 5.10 Å². The van der Waals surface area contributed by atoms with Gasteiger partial charge in [0.15, 0.2) is 11.5 Å². The highest BCUT2D eigenvalue weighted by molar-refractivity contribution is 6.32. The highest BCUT2D eigenvalue weighted by atomic mass is 35.5. The zero-order valence-electron chi connectivity index (χ0n) is 14.7. The van der Waals surface area contributed by atoms with E-state index < -0.39 is 5.97 Å². The van der Waals surface area contributed by atoms with E-state index in [1.54, 1.807) is 18.3 Å². The Hall–Kier alpha value is -2.80. The molecule has 0 fully saturated rings. The van der Waals surface area contributed by atoms with Crippen molar-refractivity contribution in [2.45, 2.75) is 26.9 Å². The Labute approximate surface area is 156 Å². The number of rotatable bonds is 8. The van der Waals surface area contributed by atoms with Gasteiger partial charge in [0.25, 0.3) is 0 Å². The topological polar surface area (TPSA) is 93.0 Å². The molecule has 8 heteroatoms. The Morgan fingerprint density at radius 1 is 1.42 bits per heavy atom. The van der Waals surface area contributed by atoms with Crippen LogP contribution in [0.15, 0.2) is 35.6 Å². The summed E-state index contributed by atoms with van der Waals surface area (Å²) in [5.41, 5.74) is 3.54. The third kappa shape index (κ3) is 5.35. The van der Waals surface area contributed by atoms with E-state index in [4.69, 9.17) is 26.2 Å². The van der Waals surface area contributed by atoms with Gasteiger partial charge in [0.2, 0.25) is 0 Å². The molecule has 26 heavy (non-hydrogen) atoms. The number of carbonyl (C=O) groups is 1. The van der Waals surface area contributed by atoms with E-state index in [-0.39, 0.29) is 11.7 Å². The van der Waals surface area contributed by atoms with E-state index in [1.165, 1.54) is 18.3 Å². The molecule has 1 heterocycles. The Morgan fingerprint density at radius 3 is 2.77 bits per heavy atom. The average Bonchev–Trinajstić information content (AvgIpc) is 2.58. The number of nitrogens with one attached hydrogen (secondary N) is 1. The van der Waals surface area contributed by atoms with Crippen molar-refractivity contribution in [3.05, 3.63) is 46.6 Å². The lowest BCUT2D eigenvalue weighted by molar-refractivity contribution is 0.0696. The number of hydrogen-bond acceptors (Lipinski definition) is 6. The van der Waals surface area contributed by atoms with Crippen LogP contribution in [0.5, 0.6) is 11.5 Å². The van der Waals surface area contributed by atoms with Crippen LogP contribution in [0.3, 0.4) is 0 Å². The van der Waals surface area contributed by atoms with Gasteiger partial charge < -0.3 is 14.6 Å². The van der Waals surface area contributed by atoms with Crippen LogP contribution in [-0.4, -0.2) is 35.0 Å². The van der Waals surface area contributed by atoms with Gasteiger partial charge in [-0.1, -0.05) is 11.6 Å². The number of benzene rings is 1. The maximum absolute atomic E-state index is 10.8. The molecule has 7 nitrogen and oxygen atoms in total. The number of pyridine rings is 1. The maximum Gasteiger partial charge on any atom is 0.337 e.